The maximum atomic E-state index is 10.3. The summed E-state index contributed by atoms with van der Waals surface area (Å²) in [5, 5.41) is 39.7. The molecule has 0 aliphatic carbocycles. The number of hydrogen-bond donors (Lipinski definition) is 4. The quantitative estimate of drug-likeness (QED) is 0.606. The van der Waals surface area contributed by atoms with Crippen molar-refractivity contribution in [3.05, 3.63) is 59.2 Å². The van der Waals surface area contributed by atoms with Gasteiger partial charge in [0.05, 0.1) is 6.61 Å². The second-order valence-corrected chi connectivity index (χ2v) is 7.15. The Morgan fingerprint density at radius 3 is 2.36 bits per heavy atom. The van der Waals surface area contributed by atoms with E-state index in [-0.39, 0.29) is 0 Å². The zero-order valence-electron chi connectivity index (χ0n) is 15.3. The first-order chi connectivity index (χ1) is 13.6. The standard InChI is InChI=1S/C21H24O7/c22-11-17-18(23)19(24)20(25)21(28-17)14-3-1-2-12(9-14)8-13-4-5-15-16(10-13)27-7-6-26-15/h1-5,9-10,17-25H,6-8,11H2/t17-,18-,19+,20-,21+/m1/s1. The van der Waals surface area contributed by atoms with Gasteiger partial charge in [-0.15, -0.1) is 0 Å². The van der Waals surface area contributed by atoms with Gasteiger partial charge in [-0.3, -0.25) is 0 Å². The molecular weight excluding hydrogens is 364 g/mol. The van der Waals surface area contributed by atoms with E-state index in [1.807, 2.05) is 36.4 Å². The Hall–Kier alpha value is -2.16. The van der Waals surface area contributed by atoms with E-state index in [4.69, 9.17) is 14.2 Å². The van der Waals surface area contributed by atoms with Crippen LogP contribution in [0.25, 0.3) is 0 Å². The first-order valence-corrected chi connectivity index (χ1v) is 9.34. The lowest BCUT2D eigenvalue weighted by molar-refractivity contribution is -0.231. The van der Waals surface area contributed by atoms with Gasteiger partial charge in [-0.2, -0.15) is 0 Å². The summed E-state index contributed by atoms with van der Waals surface area (Å²) in [6, 6.07) is 13.3. The smallest absolute Gasteiger partial charge is 0.161 e. The van der Waals surface area contributed by atoms with Crippen LogP contribution in [0, 0.1) is 0 Å². The molecule has 2 aliphatic rings. The second-order valence-electron chi connectivity index (χ2n) is 7.15. The molecule has 0 saturated carbocycles. The van der Waals surface area contributed by atoms with Crippen LogP contribution in [0.15, 0.2) is 42.5 Å². The first-order valence-electron chi connectivity index (χ1n) is 9.34. The second kappa shape index (κ2) is 8.06. The molecule has 2 aromatic rings. The molecular formula is C21H24O7. The van der Waals surface area contributed by atoms with Crippen LogP contribution in [-0.2, 0) is 11.2 Å². The summed E-state index contributed by atoms with van der Waals surface area (Å²) in [6.07, 6.45) is -5.17. The highest BCUT2D eigenvalue weighted by Gasteiger charge is 2.43. The monoisotopic (exact) mass is 388 g/mol. The predicted molar refractivity (Wildman–Crippen MR) is 99.4 cm³/mol. The number of fused-ring (bicyclic) bond motifs is 1. The third-order valence-corrected chi connectivity index (χ3v) is 5.19. The summed E-state index contributed by atoms with van der Waals surface area (Å²) in [5.41, 5.74) is 2.72. The maximum Gasteiger partial charge on any atom is 0.161 e. The molecule has 1 fully saturated rings. The molecule has 2 heterocycles. The third-order valence-electron chi connectivity index (χ3n) is 5.19. The highest BCUT2D eigenvalue weighted by Crippen LogP contribution is 2.34. The topological polar surface area (TPSA) is 109 Å². The Morgan fingerprint density at radius 2 is 1.57 bits per heavy atom. The molecule has 2 aromatic carbocycles. The average molecular weight is 388 g/mol. The lowest BCUT2D eigenvalue weighted by Gasteiger charge is -2.40. The van der Waals surface area contributed by atoms with Crippen molar-refractivity contribution in [1.29, 1.82) is 0 Å². The van der Waals surface area contributed by atoms with Gasteiger partial charge in [-0.05, 0) is 35.2 Å². The molecule has 2 aliphatic heterocycles. The van der Waals surface area contributed by atoms with E-state index in [1.165, 1.54) is 0 Å². The molecule has 1 saturated heterocycles. The number of ether oxygens (including phenoxy) is 3. The number of hydrogen-bond acceptors (Lipinski definition) is 7. The van der Waals surface area contributed by atoms with Crippen molar-refractivity contribution in [2.45, 2.75) is 36.9 Å². The van der Waals surface area contributed by atoms with Crippen molar-refractivity contribution in [2.24, 2.45) is 0 Å². The third kappa shape index (κ3) is 3.72. The van der Waals surface area contributed by atoms with Gasteiger partial charge in [0.25, 0.3) is 0 Å². The van der Waals surface area contributed by atoms with E-state index >= 15 is 0 Å². The van der Waals surface area contributed by atoms with E-state index in [1.54, 1.807) is 6.07 Å². The summed E-state index contributed by atoms with van der Waals surface area (Å²) >= 11 is 0. The van der Waals surface area contributed by atoms with Crippen LogP contribution in [0.1, 0.15) is 22.8 Å². The van der Waals surface area contributed by atoms with Gasteiger partial charge in [0.1, 0.15) is 43.7 Å². The minimum absolute atomic E-state index is 0.446. The summed E-state index contributed by atoms with van der Waals surface area (Å²) in [6.45, 7) is 0.634. The highest BCUT2D eigenvalue weighted by molar-refractivity contribution is 5.45. The Balaban J connectivity index is 1.54. The van der Waals surface area contributed by atoms with Crippen LogP contribution in [0.2, 0.25) is 0 Å². The Labute approximate surface area is 162 Å². The van der Waals surface area contributed by atoms with Gasteiger partial charge in [-0.25, -0.2) is 0 Å². The molecule has 0 spiro atoms. The average Bonchev–Trinajstić information content (AvgIpc) is 2.72. The van der Waals surface area contributed by atoms with E-state index in [2.05, 4.69) is 0 Å². The van der Waals surface area contributed by atoms with Gasteiger partial charge >= 0.3 is 0 Å². The summed E-state index contributed by atoms with van der Waals surface area (Å²) in [7, 11) is 0. The lowest BCUT2D eigenvalue weighted by Crippen LogP contribution is -2.55. The minimum Gasteiger partial charge on any atom is -0.486 e. The highest BCUT2D eigenvalue weighted by atomic mass is 16.6. The minimum atomic E-state index is -1.39. The van der Waals surface area contributed by atoms with Crippen molar-refractivity contribution in [2.75, 3.05) is 19.8 Å². The Bertz CT molecular complexity index is 822. The summed E-state index contributed by atoms with van der Waals surface area (Å²) < 4.78 is 16.8. The number of aliphatic hydroxyl groups excluding tert-OH is 4. The SMILES string of the molecule is OC[C@H]1O[C@@H](c2cccc(Cc3ccc4c(c3)OCCO4)c2)[C@H](O)[C@@H](O)[C@@H]1O. The van der Waals surface area contributed by atoms with Crippen molar-refractivity contribution < 1.29 is 34.6 Å². The largest absolute Gasteiger partial charge is 0.486 e. The Morgan fingerprint density at radius 1 is 0.821 bits per heavy atom. The number of benzene rings is 2. The fraction of sp³-hybridized carbons (Fsp3) is 0.429. The number of aliphatic hydroxyl groups is 4. The van der Waals surface area contributed by atoms with E-state index < -0.39 is 37.1 Å². The molecule has 0 unspecified atom stereocenters. The Kier molecular flexibility index (Phi) is 5.52. The van der Waals surface area contributed by atoms with Gasteiger partial charge in [-0.1, -0.05) is 30.3 Å². The molecule has 0 radical (unpaired) electrons. The van der Waals surface area contributed by atoms with Crippen molar-refractivity contribution in [1.82, 2.24) is 0 Å². The van der Waals surface area contributed by atoms with Crippen LogP contribution < -0.4 is 9.47 Å². The van der Waals surface area contributed by atoms with Crippen molar-refractivity contribution in [3.8, 4) is 11.5 Å². The fourth-order valence-corrected chi connectivity index (χ4v) is 3.69. The molecule has 150 valence electrons. The fourth-order valence-electron chi connectivity index (χ4n) is 3.69. The molecule has 5 atom stereocenters. The summed E-state index contributed by atoms with van der Waals surface area (Å²) in [4.78, 5) is 0. The van der Waals surface area contributed by atoms with Crippen LogP contribution >= 0.6 is 0 Å². The normalized spacial score (nSPS) is 29.5. The molecule has 4 N–H and O–H groups in total. The lowest BCUT2D eigenvalue weighted by atomic mass is 9.90. The van der Waals surface area contributed by atoms with Gasteiger partial charge in [0, 0.05) is 0 Å². The first kappa shape index (κ1) is 19.2. The molecule has 28 heavy (non-hydrogen) atoms. The van der Waals surface area contributed by atoms with Crippen LogP contribution in [0.3, 0.4) is 0 Å². The van der Waals surface area contributed by atoms with E-state index in [0.29, 0.717) is 25.2 Å². The van der Waals surface area contributed by atoms with Gasteiger partial charge < -0.3 is 34.6 Å². The number of rotatable bonds is 4. The van der Waals surface area contributed by atoms with E-state index in [9.17, 15) is 20.4 Å². The van der Waals surface area contributed by atoms with E-state index in [0.717, 1.165) is 22.6 Å². The zero-order chi connectivity index (χ0) is 19.7. The molecule has 7 nitrogen and oxygen atoms in total. The van der Waals surface area contributed by atoms with Crippen LogP contribution in [0.4, 0.5) is 0 Å². The molecule has 4 rings (SSSR count). The maximum absolute atomic E-state index is 10.3. The van der Waals surface area contributed by atoms with Crippen LogP contribution in [0.5, 0.6) is 11.5 Å². The molecule has 0 aromatic heterocycles. The predicted octanol–water partition coefficient (Wildman–Crippen LogP) is 0.563. The molecule has 7 heteroatoms. The summed E-state index contributed by atoms with van der Waals surface area (Å²) in [5.74, 6) is 1.47. The molecule has 0 amide bonds. The van der Waals surface area contributed by atoms with Gasteiger partial charge in [0.15, 0.2) is 11.5 Å². The zero-order valence-corrected chi connectivity index (χ0v) is 15.3. The van der Waals surface area contributed by atoms with Crippen molar-refractivity contribution in [3.63, 3.8) is 0 Å². The van der Waals surface area contributed by atoms with Crippen LogP contribution in [-0.4, -0.2) is 64.7 Å². The van der Waals surface area contributed by atoms with Crippen molar-refractivity contribution >= 4 is 0 Å². The molecule has 0 bridgehead atoms. The van der Waals surface area contributed by atoms with Gasteiger partial charge in [0.2, 0.25) is 0 Å².